The summed E-state index contributed by atoms with van der Waals surface area (Å²) in [4.78, 5) is 13.2. The molecule has 0 atom stereocenters. The van der Waals surface area contributed by atoms with Crippen LogP contribution in [0.1, 0.15) is 29.8 Å². The highest BCUT2D eigenvalue weighted by Crippen LogP contribution is 2.49. The van der Waals surface area contributed by atoms with Crippen molar-refractivity contribution in [3.8, 4) is 0 Å². The van der Waals surface area contributed by atoms with Crippen LogP contribution in [0.15, 0.2) is 28.7 Å². The molecule has 4 heteroatoms. The highest BCUT2D eigenvalue weighted by atomic mass is 16.4. The Morgan fingerprint density at radius 1 is 1.26 bits per heavy atom. The smallest absolute Gasteiger partial charge is 0.371 e. The van der Waals surface area contributed by atoms with E-state index in [0.717, 1.165) is 24.2 Å². The first-order valence-corrected chi connectivity index (χ1v) is 6.67. The van der Waals surface area contributed by atoms with Crippen LogP contribution in [-0.4, -0.2) is 24.2 Å². The van der Waals surface area contributed by atoms with Crippen molar-refractivity contribution >= 4 is 22.6 Å². The van der Waals surface area contributed by atoms with Crippen molar-refractivity contribution in [1.29, 1.82) is 0 Å². The van der Waals surface area contributed by atoms with Crippen molar-refractivity contribution in [1.82, 2.24) is 0 Å². The number of aromatic carboxylic acids is 1. The van der Waals surface area contributed by atoms with Gasteiger partial charge < -0.3 is 14.4 Å². The van der Waals surface area contributed by atoms with E-state index in [-0.39, 0.29) is 5.76 Å². The lowest BCUT2D eigenvalue weighted by Crippen LogP contribution is -2.59. The van der Waals surface area contributed by atoms with Crippen molar-refractivity contribution in [3.63, 3.8) is 0 Å². The summed E-state index contributed by atoms with van der Waals surface area (Å²) < 4.78 is 5.35. The molecular weight excluding hydrogens is 242 g/mol. The molecule has 2 heterocycles. The number of benzene rings is 1. The minimum absolute atomic E-state index is 0.00576. The van der Waals surface area contributed by atoms with Crippen molar-refractivity contribution in [2.75, 3.05) is 18.0 Å². The predicted octanol–water partition coefficient (Wildman–Crippen LogP) is 3.12. The van der Waals surface area contributed by atoms with Crippen LogP contribution >= 0.6 is 0 Å². The maximum absolute atomic E-state index is 10.9. The van der Waals surface area contributed by atoms with E-state index in [0.29, 0.717) is 11.0 Å². The standard InChI is InChI=1S/C15H15NO3/c17-14(18)13-6-10-2-3-11(7-12(10)19-13)16-8-15(9-16)4-1-5-15/h2-3,6-7H,1,4-5,8-9H2,(H,17,18). The van der Waals surface area contributed by atoms with E-state index < -0.39 is 5.97 Å². The molecule has 2 fully saturated rings. The second-order valence-corrected chi connectivity index (χ2v) is 5.85. The zero-order chi connectivity index (χ0) is 13.0. The summed E-state index contributed by atoms with van der Waals surface area (Å²) in [7, 11) is 0. The fraction of sp³-hybridized carbons (Fsp3) is 0.400. The van der Waals surface area contributed by atoms with Gasteiger partial charge in [0.15, 0.2) is 0 Å². The highest BCUT2D eigenvalue weighted by molar-refractivity contribution is 5.92. The summed E-state index contributed by atoms with van der Waals surface area (Å²) >= 11 is 0. The molecule has 1 N–H and O–H groups in total. The maximum Gasteiger partial charge on any atom is 0.371 e. The van der Waals surface area contributed by atoms with Crippen LogP contribution in [0, 0.1) is 5.41 Å². The lowest BCUT2D eigenvalue weighted by Gasteiger charge is -2.57. The van der Waals surface area contributed by atoms with E-state index in [4.69, 9.17) is 9.52 Å². The van der Waals surface area contributed by atoms with Gasteiger partial charge in [-0.3, -0.25) is 0 Å². The van der Waals surface area contributed by atoms with Crippen LogP contribution in [0.4, 0.5) is 5.69 Å². The molecule has 1 aliphatic carbocycles. The molecule has 2 aliphatic rings. The summed E-state index contributed by atoms with van der Waals surface area (Å²) in [6.45, 7) is 2.26. The summed E-state index contributed by atoms with van der Waals surface area (Å²) in [6.07, 6.45) is 4.08. The summed E-state index contributed by atoms with van der Waals surface area (Å²) in [5.74, 6) is -1.01. The molecule has 1 spiro atoms. The number of carbonyl (C=O) groups is 1. The number of hydrogen-bond donors (Lipinski definition) is 1. The Hall–Kier alpha value is -1.97. The number of anilines is 1. The monoisotopic (exact) mass is 257 g/mol. The minimum Gasteiger partial charge on any atom is -0.475 e. The molecule has 4 nitrogen and oxygen atoms in total. The van der Waals surface area contributed by atoms with Gasteiger partial charge in [0, 0.05) is 35.6 Å². The SMILES string of the molecule is O=C(O)c1cc2ccc(N3CC4(CCC4)C3)cc2o1. The van der Waals surface area contributed by atoms with Crippen LogP contribution in [0.3, 0.4) is 0 Å². The molecule has 0 unspecified atom stereocenters. The summed E-state index contributed by atoms with van der Waals surface area (Å²) in [5.41, 5.74) is 2.38. The number of carboxylic acids is 1. The first-order valence-electron chi connectivity index (χ1n) is 6.67. The topological polar surface area (TPSA) is 53.7 Å². The van der Waals surface area contributed by atoms with Crippen LogP contribution in [0.5, 0.6) is 0 Å². The second-order valence-electron chi connectivity index (χ2n) is 5.85. The van der Waals surface area contributed by atoms with Gasteiger partial charge in [-0.25, -0.2) is 4.79 Å². The van der Waals surface area contributed by atoms with E-state index in [2.05, 4.69) is 11.0 Å². The summed E-state index contributed by atoms with van der Waals surface area (Å²) in [5, 5.41) is 9.77. The van der Waals surface area contributed by atoms with Gasteiger partial charge >= 0.3 is 5.97 Å². The van der Waals surface area contributed by atoms with Crippen molar-refractivity contribution in [2.24, 2.45) is 5.41 Å². The van der Waals surface area contributed by atoms with Crippen LogP contribution in [0.2, 0.25) is 0 Å². The van der Waals surface area contributed by atoms with E-state index in [9.17, 15) is 4.79 Å². The third kappa shape index (κ3) is 1.56. The molecule has 98 valence electrons. The molecule has 2 aromatic rings. The Bertz CT molecular complexity index is 661. The van der Waals surface area contributed by atoms with E-state index in [1.165, 1.54) is 19.3 Å². The fourth-order valence-corrected chi connectivity index (χ4v) is 3.26. The molecule has 19 heavy (non-hydrogen) atoms. The first-order chi connectivity index (χ1) is 9.15. The Kier molecular flexibility index (Phi) is 2.03. The van der Waals surface area contributed by atoms with Gasteiger partial charge in [0.1, 0.15) is 5.58 Å². The number of carboxylic acid groups (broad SMARTS) is 1. The lowest BCUT2D eigenvalue weighted by molar-refractivity contribution is 0.0665. The average molecular weight is 257 g/mol. The maximum atomic E-state index is 10.9. The molecule has 1 saturated heterocycles. The van der Waals surface area contributed by atoms with Gasteiger partial charge in [0.05, 0.1) is 0 Å². The van der Waals surface area contributed by atoms with Crippen molar-refractivity contribution in [2.45, 2.75) is 19.3 Å². The molecule has 4 rings (SSSR count). The van der Waals surface area contributed by atoms with E-state index in [1.807, 2.05) is 12.1 Å². The zero-order valence-electron chi connectivity index (χ0n) is 10.6. The average Bonchev–Trinajstić information content (AvgIpc) is 2.68. The third-order valence-corrected chi connectivity index (χ3v) is 4.55. The minimum atomic E-state index is -1.02. The van der Waals surface area contributed by atoms with Crippen molar-refractivity contribution in [3.05, 3.63) is 30.0 Å². The predicted molar refractivity (Wildman–Crippen MR) is 71.7 cm³/mol. The first kappa shape index (κ1) is 10.9. The Balaban J connectivity index is 1.63. The number of fused-ring (bicyclic) bond motifs is 1. The van der Waals surface area contributed by atoms with Crippen LogP contribution in [-0.2, 0) is 0 Å². The van der Waals surface area contributed by atoms with Gasteiger partial charge in [0.2, 0.25) is 5.76 Å². The van der Waals surface area contributed by atoms with Crippen LogP contribution in [0.25, 0.3) is 11.0 Å². The molecule has 0 amide bonds. The van der Waals surface area contributed by atoms with Gasteiger partial charge in [-0.1, -0.05) is 6.42 Å². The van der Waals surface area contributed by atoms with Gasteiger partial charge in [-0.2, -0.15) is 0 Å². The summed E-state index contributed by atoms with van der Waals surface area (Å²) in [6, 6.07) is 7.51. The van der Waals surface area contributed by atoms with Crippen LogP contribution < -0.4 is 4.90 Å². The van der Waals surface area contributed by atoms with Gasteiger partial charge in [-0.05, 0) is 31.0 Å². The normalized spacial score (nSPS) is 20.3. The fourth-order valence-electron chi connectivity index (χ4n) is 3.26. The second kappa shape index (κ2) is 3.53. The number of hydrogen-bond acceptors (Lipinski definition) is 3. The van der Waals surface area contributed by atoms with Crippen molar-refractivity contribution < 1.29 is 14.3 Å². The Morgan fingerprint density at radius 3 is 2.68 bits per heavy atom. The molecular formula is C15H15NO3. The largest absolute Gasteiger partial charge is 0.475 e. The highest BCUT2D eigenvalue weighted by Gasteiger charge is 2.47. The lowest BCUT2D eigenvalue weighted by atomic mass is 9.63. The molecule has 1 aromatic carbocycles. The number of nitrogens with zero attached hydrogens (tertiary/aromatic N) is 1. The molecule has 1 saturated carbocycles. The van der Waals surface area contributed by atoms with E-state index in [1.54, 1.807) is 6.07 Å². The van der Waals surface area contributed by atoms with Gasteiger partial charge in [-0.15, -0.1) is 0 Å². The Morgan fingerprint density at radius 2 is 2.05 bits per heavy atom. The molecule has 1 aromatic heterocycles. The number of rotatable bonds is 2. The van der Waals surface area contributed by atoms with Gasteiger partial charge in [0.25, 0.3) is 0 Å². The quantitative estimate of drug-likeness (QED) is 0.898. The zero-order valence-corrected chi connectivity index (χ0v) is 10.6. The van der Waals surface area contributed by atoms with E-state index >= 15 is 0 Å². The number of furan rings is 1. The molecule has 0 radical (unpaired) electrons. The Labute approximate surface area is 110 Å². The molecule has 0 bridgehead atoms. The third-order valence-electron chi connectivity index (χ3n) is 4.55. The molecule has 1 aliphatic heterocycles.